The van der Waals surface area contributed by atoms with E-state index in [2.05, 4.69) is 193 Å². The summed E-state index contributed by atoms with van der Waals surface area (Å²) < 4.78 is 5.32. The van der Waals surface area contributed by atoms with E-state index >= 15 is 0 Å². The summed E-state index contributed by atoms with van der Waals surface area (Å²) in [6, 6.07) is 69.1. The second-order valence-electron chi connectivity index (χ2n) is 13.7. The summed E-state index contributed by atoms with van der Waals surface area (Å²) in [7, 11) is 0. The molecule has 0 bridgehead atoms. The van der Waals surface area contributed by atoms with Crippen LogP contribution < -0.4 is 4.90 Å². The Hall–Kier alpha value is -6.26. The number of fused-ring (bicyclic) bond motifs is 9. The average molecular weight is 710 g/mol. The van der Waals surface area contributed by atoms with E-state index in [1.165, 1.54) is 84.1 Å². The predicted octanol–water partition coefficient (Wildman–Crippen LogP) is 15.5. The zero-order valence-corrected chi connectivity index (χ0v) is 30.3. The van der Waals surface area contributed by atoms with E-state index < -0.39 is 0 Å². The van der Waals surface area contributed by atoms with Gasteiger partial charge in [-0.1, -0.05) is 140 Å². The number of hydrogen-bond acceptors (Lipinski definition) is 3. The first-order valence-corrected chi connectivity index (χ1v) is 19.6. The summed E-state index contributed by atoms with van der Waals surface area (Å²) in [5.41, 5.74) is 8.35. The third-order valence-corrected chi connectivity index (χ3v) is 13.1. The molecule has 0 spiro atoms. The minimum Gasteiger partial charge on any atom is -0.310 e. The Kier molecular flexibility index (Phi) is 6.97. The van der Waals surface area contributed by atoms with E-state index in [0.29, 0.717) is 0 Å². The van der Waals surface area contributed by atoms with Crippen LogP contribution >= 0.6 is 22.7 Å². The van der Waals surface area contributed by atoms with Crippen LogP contribution in [0.15, 0.2) is 188 Å². The van der Waals surface area contributed by atoms with Crippen LogP contribution in [0.3, 0.4) is 0 Å². The van der Waals surface area contributed by atoms with Crippen molar-refractivity contribution in [2.75, 3.05) is 4.90 Å². The van der Waals surface area contributed by atoms with Gasteiger partial charge in [0.1, 0.15) is 0 Å². The molecule has 9 aromatic carbocycles. The molecule has 3 heteroatoms. The first-order chi connectivity index (χ1) is 26.3. The van der Waals surface area contributed by atoms with E-state index in [4.69, 9.17) is 0 Å². The van der Waals surface area contributed by atoms with Gasteiger partial charge >= 0.3 is 0 Å². The lowest BCUT2D eigenvalue weighted by atomic mass is 9.98. The molecule has 0 aliphatic heterocycles. The van der Waals surface area contributed by atoms with Crippen molar-refractivity contribution in [1.82, 2.24) is 0 Å². The van der Waals surface area contributed by atoms with Gasteiger partial charge in [0.05, 0.1) is 0 Å². The van der Waals surface area contributed by atoms with Crippen molar-refractivity contribution in [3.63, 3.8) is 0 Å². The van der Waals surface area contributed by atoms with Crippen LogP contribution in [0.1, 0.15) is 0 Å². The predicted molar refractivity (Wildman–Crippen MR) is 233 cm³/mol. The summed E-state index contributed by atoms with van der Waals surface area (Å²) in [5.74, 6) is 0. The maximum absolute atomic E-state index is 2.40. The molecule has 53 heavy (non-hydrogen) atoms. The van der Waals surface area contributed by atoms with E-state index in [-0.39, 0.29) is 0 Å². The Morgan fingerprint density at radius 3 is 1.64 bits per heavy atom. The number of anilines is 3. The molecule has 11 aromatic rings. The number of nitrogens with zero attached hydrogens (tertiary/aromatic N) is 1. The molecule has 0 fully saturated rings. The SMILES string of the molecule is c1ccc2c(-c3ccc(N(c4ccc(-c5cccc6c5sc5c7ccccc7ccc65)cc4)c4ccc5sc6ccccc6c5c4)cc3)cccc2c1. The number of hydrogen-bond donors (Lipinski definition) is 0. The van der Waals surface area contributed by atoms with Crippen molar-refractivity contribution in [2.24, 2.45) is 0 Å². The highest BCUT2D eigenvalue weighted by Gasteiger charge is 2.17. The van der Waals surface area contributed by atoms with Gasteiger partial charge in [-0.25, -0.2) is 0 Å². The zero-order chi connectivity index (χ0) is 34.9. The number of benzene rings is 9. The monoisotopic (exact) mass is 709 g/mol. The second kappa shape index (κ2) is 12.2. The topological polar surface area (TPSA) is 3.24 Å². The molecule has 0 radical (unpaired) electrons. The molecule has 0 atom stereocenters. The highest BCUT2D eigenvalue weighted by atomic mass is 32.1. The first kappa shape index (κ1) is 30.4. The number of thiophene rings is 2. The minimum atomic E-state index is 1.12. The van der Waals surface area contributed by atoms with E-state index in [1.807, 2.05) is 22.7 Å². The number of rotatable bonds is 5. The molecule has 0 aliphatic carbocycles. The molecule has 11 rings (SSSR count). The molecule has 0 saturated heterocycles. The van der Waals surface area contributed by atoms with Gasteiger partial charge in [0.15, 0.2) is 0 Å². The summed E-state index contributed by atoms with van der Waals surface area (Å²) in [6.07, 6.45) is 0. The van der Waals surface area contributed by atoms with Crippen LogP contribution in [0.25, 0.3) is 84.1 Å². The van der Waals surface area contributed by atoms with Gasteiger partial charge in [-0.05, 0) is 92.3 Å². The minimum absolute atomic E-state index is 1.12. The summed E-state index contributed by atoms with van der Waals surface area (Å²) >= 11 is 3.77. The first-order valence-electron chi connectivity index (χ1n) is 18.0. The average Bonchev–Trinajstić information content (AvgIpc) is 3.80. The van der Waals surface area contributed by atoms with Gasteiger partial charge in [0, 0.05) is 57.4 Å². The van der Waals surface area contributed by atoms with E-state index in [0.717, 1.165) is 17.1 Å². The molecule has 0 amide bonds. The Bertz CT molecular complexity index is 3160. The van der Waals surface area contributed by atoms with Crippen LogP contribution in [0, 0.1) is 0 Å². The smallest absolute Gasteiger partial charge is 0.0468 e. The van der Waals surface area contributed by atoms with Crippen molar-refractivity contribution in [3.05, 3.63) is 188 Å². The highest BCUT2D eigenvalue weighted by Crippen LogP contribution is 2.45. The van der Waals surface area contributed by atoms with Gasteiger partial charge < -0.3 is 4.90 Å². The fourth-order valence-electron chi connectivity index (χ4n) is 8.11. The van der Waals surface area contributed by atoms with Gasteiger partial charge in [-0.2, -0.15) is 0 Å². The van der Waals surface area contributed by atoms with Crippen molar-refractivity contribution in [2.45, 2.75) is 0 Å². The fourth-order valence-corrected chi connectivity index (χ4v) is 10.6. The van der Waals surface area contributed by atoms with Crippen LogP contribution in [-0.4, -0.2) is 0 Å². The molecule has 0 N–H and O–H groups in total. The molecule has 0 saturated carbocycles. The molecule has 1 nitrogen and oxygen atoms in total. The van der Waals surface area contributed by atoms with Crippen LogP contribution in [-0.2, 0) is 0 Å². The Morgan fingerprint density at radius 2 is 0.849 bits per heavy atom. The lowest BCUT2D eigenvalue weighted by molar-refractivity contribution is 1.29. The quantitative estimate of drug-likeness (QED) is 0.172. The van der Waals surface area contributed by atoms with Crippen LogP contribution in [0.2, 0.25) is 0 Å². The van der Waals surface area contributed by atoms with Crippen molar-refractivity contribution in [1.29, 1.82) is 0 Å². The maximum atomic E-state index is 2.40. The van der Waals surface area contributed by atoms with Gasteiger partial charge in [-0.15, -0.1) is 22.7 Å². The van der Waals surface area contributed by atoms with Crippen molar-refractivity contribution in [3.8, 4) is 22.3 Å². The lowest BCUT2D eigenvalue weighted by Crippen LogP contribution is -2.09. The lowest BCUT2D eigenvalue weighted by Gasteiger charge is -2.26. The Labute approximate surface area is 315 Å². The summed E-state index contributed by atoms with van der Waals surface area (Å²) in [5, 5.41) is 10.4. The summed E-state index contributed by atoms with van der Waals surface area (Å²) in [6.45, 7) is 0. The molecule has 0 unspecified atom stereocenters. The van der Waals surface area contributed by atoms with Crippen molar-refractivity contribution < 1.29 is 0 Å². The fraction of sp³-hybridized carbons (Fsp3) is 0. The molecule has 0 aliphatic rings. The third kappa shape index (κ3) is 4.97. The van der Waals surface area contributed by atoms with Gasteiger partial charge in [-0.3, -0.25) is 0 Å². The normalized spacial score (nSPS) is 11.8. The third-order valence-electron chi connectivity index (χ3n) is 10.7. The zero-order valence-electron chi connectivity index (χ0n) is 28.7. The molecular formula is C50H31NS2. The van der Waals surface area contributed by atoms with E-state index in [9.17, 15) is 0 Å². The van der Waals surface area contributed by atoms with E-state index in [1.54, 1.807) is 0 Å². The largest absolute Gasteiger partial charge is 0.310 e. The van der Waals surface area contributed by atoms with Crippen molar-refractivity contribution >= 4 is 102 Å². The highest BCUT2D eigenvalue weighted by molar-refractivity contribution is 7.27. The molecule has 248 valence electrons. The second-order valence-corrected chi connectivity index (χ2v) is 15.8. The Balaban J connectivity index is 1.04. The summed E-state index contributed by atoms with van der Waals surface area (Å²) in [4.78, 5) is 2.40. The molecular weight excluding hydrogens is 679 g/mol. The standard InChI is InChI=1S/C50H31NS2/c1-3-12-39-32(9-1)11-7-15-40(39)34-19-24-36(25-20-34)51(38-28-30-48-46(31-38)43-14-5-6-18-47(43)52-48)37-26-21-35(22-27-37)42-16-8-17-44-45-29-23-33-10-2-4-13-41(33)50(45)53-49(42)44/h1-31H. The van der Waals surface area contributed by atoms with Crippen LogP contribution in [0.5, 0.6) is 0 Å². The molecule has 2 heterocycles. The van der Waals surface area contributed by atoms with Crippen LogP contribution in [0.4, 0.5) is 17.1 Å². The van der Waals surface area contributed by atoms with Gasteiger partial charge in [0.2, 0.25) is 0 Å². The molecule has 2 aromatic heterocycles. The maximum Gasteiger partial charge on any atom is 0.0468 e. The Morgan fingerprint density at radius 1 is 0.302 bits per heavy atom. The van der Waals surface area contributed by atoms with Gasteiger partial charge in [0.25, 0.3) is 0 Å².